The minimum absolute atomic E-state index is 0.0129. The number of hydrogen-bond acceptors (Lipinski definition) is 4. The molecule has 0 fully saturated rings. The highest BCUT2D eigenvalue weighted by Gasteiger charge is 2.30. The summed E-state index contributed by atoms with van der Waals surface area (Å²) in [5, 5.41) is 4.17. The Labute approximate surface area is 163 Å². The fourth-order valence-corrected chi connectivity index (χ4v) is 4.75. The Morgan fingerprint density at radius 3 is 2.64 bits per heavy atom. The summed E-state index contributed by atoms with van der Waals surface area (Å²) in [7, 11) is -3.80. The summed E-state index contributed by atoms with van der Waals surface area (Å²) in [5.74, 6) is -0.0480. The molecule has 2 aromatic carbocycles. The minimum atomic E-state index is -3.80. The van der Waals surface area contributed by atoms with Crippen LogP contribution < -0.4 is 9.62 Å². The first-order valence-electron chi connectivity index (χ1n) is 8.91. The number of para-hydroxylation sites is 2. The van der Waals surface area contributed by atoms with E-state index in [2.05, 4.69) is 9.82 Å². The highest BCUT2D eigenvalue weighted by Crippen LogP contribution is 2.34. The average molecular weight is 396 g/mol. The predicted molar refractivity (Wildman–Crippen MR) is 107 cm³/mol. The number of sulfonamides is 1. The lowest BCUT2D eigenvalue weighted by Gasteiger charge is -2.20. The number of hydrogen-bond donors (Lipinski definition) is 1. The maximum atomic E-state index is 13.0. The van der Waals surface area contributed by atoms with Crippen molar-refractivity contribution in [2.24, 2.45) is 0 Å². The van der Waals surface area contributed by atoms with Gasteiger partial charge >= 0.3 is 0 Å². The molecule has 1 amide bonds. The smallest absolute Gasteiger partial charge is 0.261 e. The number of rotatable bonds is 4. The molecule has 7 nitrogen and oxygen atoms in total. The Morgan fingerprint density at radius 2 is 1.93 bits per heavy atom. The zero-order valence-corrected chi connectivity index (χ0v) is 16.3. The van der Waals surface area contributed by atoms with Gasteiger partial charge in [-0.3, -0.25) is 9.52 Å². The van der Waals surface area contributed by atoms with Crippen molar-refractivity contribution in [1.82, 2.24) is 9.78 Å². The van der Waals surface area contributed by atoms with Crippen LogP contribution in [0.2, 0.25) is 0 Å². The van der Waals surface area contributed by atoms with Crippen LogP contribution in [0.25, 0.3) is 5.69 Å². The molecule has 1 N–H and O–H groups in total. The van der Waals surface area contributed by atoms with Gasteiger partial charge in [0.15, 0.2) is 0 Å². The molecular formula is C20H20N4O3S. The van der Waals surface area contributed by atoms with Crippen LogP contribution in [-0.4, -0.2) is 30.1 Å². The van der Waals surface area contributed by atoms with Crippen molar-refractivity contribution in [2.45, 2.75) is 31.2 Å². The van der Waals surface area contributed by atoms with Crippen molar-refractivity contribution in [1.29, 1.82) is 0 Å². The maximum Gasteiger partial charge on any atom is 0.261 e. The molecule has 2 heterocycles. The third-order valence-corrected chi connectivity index (χ3v) is 6.18. The molecule has 1 aliphatic heterocycles. The normalized spacial score (nSPS) is 16.1. The zero-order valence-electron chi connectivity index (χ0n) is 15.5. The molecule has 28 heavy (non-hydrogen) atoms. The van der Waals surface area contributed by atoms with Gasteiger partial charge in [-0.2, -0.15) is 5.10 Å². The van der Waals surface area contributed by atoms with Gasteiger partial charge in [0.1, 0.15) is 0 Å². The van der Waals surface area contributed by atoms with Crippen molar-refractivity contribution < 1.29 is 13.2 Å². The number of carbonyl (C=O) groups excluding carboxylic acids is 1. The molecule has 1 atom stereocenters. The van der Waals surface area contributed by atoms with Crippen molar-refractivity contribution in [3.05, 3.63) is 66.5 Å². The standard InChI is InChI=1S/C20H20N4O3S/c1-14-12-16-13-17(8-9-19(16)24(14)15(2)25)28(26,27)22-18-6-3-4-7-20(18)23-11-5-10-21-23/h3-11,13-14,22H,12H2,1-2H3. The van der Waals surface area contributed by atoms with Gasteiger partial charge in [-0.25, -0.2) is 13.1 Å². The molecule has 144 valence electrons. The Balaban J connectivity index is 1.68. The number of nitrogens with zero attached hydrogens (tertiary/aromatic N) is 3. The number of anilines is 2. The van der Waals surface area contributed by atoms with Crippen molar-refractivity contribution >= 4 is 27.3 Å². The van der Waals surface area contributed by atoms with E-state index in [4.69, 9.17) is 0 Å². The Bertz CT molecular complexity index is 1140. The van der Waals surface area contributed by atoms with Gasteiger partial charge in [0.2, 0.25) is 5.91 Å². The number of fused-ring (bicyclic) bond motifs is 1. The molecule has 0 radical (unpaired) electrons. The molecule has 8 heteroatoms. The van der Waals surface area contributed by atoms with E-state index in [-0.39, 0.29) is 16.8 Å². The van der Waals surface area contributed by atoms with Gasteiger partial charge in [-0.1, -0.05) is 12.1 Å². The molecule has 1 aromatic heterocycles. The van der Waals surface area contributed by atoms with Gasteiger partial charge in [0.25, 0.3) is 10.0 Å². The van der Waals surface area contributed by atoms with Gasteiger partial charge in [0, 0.05) is 31.0 Å². The molecule has 0 saturated heterocycles. The van der Waals surface area contributed by atoms with Crippen LogP contribution in [-0.2, 0) is 21.2 Å². The first-order chi connectivity index (χ1) is 13.4. The number of amides is 1. The molecule has 1 aliphatic rings. The minimum Gasteiger partial charge on any atom is -0.309 e. The summed E-state index contributed by atoms with van der Waals surface area (Å²) in [6.45, 7) is 3.47. The van der Waals surface area contributed by atoms with Crippen LogP contribution in [0.15, 0.2) is 65.8 Å². The average Bonchev–Trinajstić information content (AvgIpc) is 3.27. The monoisotopic (exact) mass is 396 g/mol. The maximum absolute atomic E-state index is 13.0. The van der Waals surface area contributed by atoms with Crippen molar-refractivity contribution in [2.75, 3.05) is 9.62 Å². The Kier molecular flexibility index (Phi) is 4.43. The predicted octanol–water partition coefficient (Wildman–Crippen LogP) is 2.97. The number of nitrogens with one attached hydrogen (secondary N) is 1. The van der Waals surface area contributed by atoms with Crippen molar-refractivity contribution in [3.63, 3.8) is 0 Å². The summed E-state index contributed by atoms with van der Waals surface area (Å²) in [6.07, 6.45) is 4.01. The van der Waals surface area contributed by atoms with E-state index >= 15 is 0 Å². The van der Waals surface area contributed by atoms with Gasteiger partial charge in [-0.15, -0.1) is 0 Å². The lowest BCUT2D eigenvalue weighted by molar-refractivity contribution is -0.116. The molecule has 0 bridgehead atoms. The SMILES string of the molecule is CC(=O)N1c2ccc(S(=O)(=O)Nc3ccccc3-n3cccn3)cc2CC1C. The van der Waals surface area contributed by atoms with Crippen LogP contribution in [0.4, 0.5) is 11.4 Å². The largest absolute Gasteiger partial charge is 0.309 e. The van der Waals surface area contributed by atoms with Crippen LogP contribution in [0.1, 0.15) is 19.4 Å². The van der Waals surface area contributed by atoms with E-state index in [1.54, 1.807) is 58.4 Å². The summed E-state index contributed by atoms with van der Waals surface area (Å²) < 4.78 is 30.3. The highest BCUT2D eigenvalue weighted by molar-refractivity contribution is 7.92. The van der Waals surface area contributed by atoms with E-state index in [0.717, 1.165) is 11.3 Å². The second-order valence-electron chi connectivity index (χ2n) is 6.81. The second-order valence-corrected chi connectivity index (χ2v) is 8.49. The molecule has 0 aliphatic carbocycles. The van der Waals surface area contributed by atoms with Crippen LogP contribution >= 0.6 is 0 Å². The summed E-state index contributed by atoms with van der Waals surface area (Å²) in [5.41, 5.74) is 2.70. The Hall–Kier alpha value is -3.13. The summed E-state index contributed by atoms with van der Waals surface area (Å²) >= 11 is 0. The van der Waals surface area contributed by atoms with Crippen LogP contribution in [0.5, 0.6) is 0 Å². The van der Waals surface area contributed by atoms with E-state index in [1.165, 1.54) is 13.0 Å². The summed E-state index contributed by atoms with van der Waals surface area (Å²) in [4.78, 5) is 13.7. The zero-order chi connectivity index (χ0) is 19.9. The number of aromatic nitrogens is 2. The molecule has 0 spiro atoms. The lowest BCUT2D eigenvalue weighted by Crippen LogP contribution is -2.33. The van der Waals surface area contributed by atoms with E-state index in [1.807, 2.05) is 13.0 Å². The van der Waals surface area contributed by atoms with Crippen LogP contribution in [0, 0.1) is 0 Å². The molecule has 1 unspecified atom stereocenters. The van der Waals surface area contributed by atoms with Gasteiger partial charge in [-0.05, 0) is 55.3 Å². The molecule has 0 saturated carbocycles. The summed E-state index contributed by atoms with van der Waals surface area (Å²) in [6, 6.07) is 13.7. The molecular weight excluding hydrogens is 376 g/mol. The van der Waals surface area contributed by atoms with E-state index < -0.39 is 10.0 Å². The fourth-order valence-electron chi connectivity index (χ4n) is 3.63. The first kappa shape index (κ1) is 18.2. The molecule has 4 rings (SSSR count). The number of carbonyl (C=O) groups is 1. The Morgan fingerprint density at radius 1 is 1.14 bits per heavy atom. The molecule has 3 aromatic rings. The quantitative estimate of drug-likeness (QED) is 0.735. The third kappa shape index (κ3) is 3.16. The topological polar surface area (TPSA) is 84.3 Å². The third-order valence-electron chi connectivity index (χ3n) is 4.82. The van der Waals surface area contributed by atoms with E-state index in [0.29, 0.717) is 17.8 Å². The van der Waals surface area contributed by atoms with Crippen molar-refractivity contribution in [3.8, 4) is 5.69 Å². The van der Waals surface area contributed by atoms with Gasteiger partial charge in [0.05, 0.1) is 16.3 Å². The van der Waals surface area contributed by atoms with E-state index in [9.17, 15) is 13.2 Å². The van der Waals surface area contributed by atoms with Crippen LogP contribution in [0.3, 0.4) is 0 Å². The second kappa shape index (κ2) is 6.79. The highest BCUT2D eigenvalue weighted by atomic mass is 32.2. The van der Waals surface area contributed by atoms with Gasteiger partial charge < -0.3 is 4.90 Å². The number of benzene rings is 2. The fraction of sp³-hybridized carbons (Fsp3) is 0.200. The first-order valence-corrected chi connectivity index (χ1v) is 10.4. The lowest BCUT2D eigenvalue weighted by atomic mass is 10.1.